The molecule has 9 heteroatoms. The zero-order valence-electron chi connectivity index (χ0n) is 16.2. The number of nitrogens with zero attached hydrogens (tertiary/aromatic N) is 1. The number of halogens is 3. The Morgan fingerprint density at radius 1 is 1.17 bits per heavy atom. The highest BCUT2D eigenvalue weighted by molar-refractivity contribution is 6.01. The minimum Gasteiger partial charge on any atom is -0.495 e. The minimum absolute atomic E-state index is 0.0869. The zero-order valence-corrected chi connectivity index (χ0v) is 16.2. The van der Waals surface area contributed by atoms with Crippen LogP contribution in [0.4, 0.5) is 18.9 Å². The summed E-state index contributed by atoms with van der Waals surface area (Å²) >= 11 is 0. The average Bonchev–Trinajstić information content (AvgIpc) is 3.12. The number of alkyl halides is 3. The SMILES string of the molecule is COc1ccccc1N1CC(C(=O)NCCOc2ccc(C(F)(F)F)cc2)CC1=O. The highest BCUT2D eigenvalue weighted by atomic mass is 19.4. The van der Waals surface area contributed by atoms with Crippen LogP contribution in [0.1, 0.15) is 12.0 Å². The highest BCUT2D eigenvalue weighted by Gasteiger charge is 2.36. The summed E-state index contributed by atoms with van der Waals surface area (Å²) in [5.41, 5.74) is -0.139. The summed E-state index contributed by atoms with van der Waals surface area (Å²) in [5.74, 6) is -0.126. The maximum atomic E-state index is 12.5. The van der Waals surface area contributed by atoms with Crippen molar-refractivity contribution in [2.24, 2.45) is 5.92 Å². The molecule has 2 aromatic carbocycles. The van der Waals surface area contributed by atoms with Gasteiger partial charge in [-0.15, -0.1) is 0 Å². The van der Waals surface area contributed by atoms with Gasteiger partial charge in [-0.25, -0.2) is 0 Å². The largest absolute Gasteiger partial charge is 0.495 e. The second-order valence-corrected chi connectivity index (χ2v) is 6.74. The first-order valence-corrected chi connectivity index (χ1v) is 9.30. The van der Waals surface area contributed by atoms with Gasteiger partial charge in [0.2, 0.25) is 11.8 Å². The van der Waals surface area contributed by atoms with E-state index in [1.54, 1.807) is 24.3 Å². The van der Waals surface area contributed by atoms with Crippen molar-refractivity contribution in [3.8, 4) is 11.5 Å². The molecule has 30 heavy (non-hydrogen) atoms. The van der Waals surface area contributed by atoms with E-state index in [1.165, 1.54) is 24.1 Å². The van der Waals surface area contributed by atoms with E-state index >= 15 is 0 Å². The Kier molecular flexibility index (Phi) is 6.49. The lowest BCUT2D eigenvalue weighted by atomic mass is 10.1. The fourth-order valence-corrected chi connectivity index (χ4v) is 3.20. The number of rotatable bonds is 7. The van der Waals surface area contributed by atoms with Gasteiger partial charge in [0.25, 0.3) is 0 Å². The van der Waals surface area contributed by atoms with Crippen LogP contribution in [0.5, 0.6) is 11.5 Å². The summed E-state index contributed by atoms with van der Waals surface area (Å²) in [5, 5.41) is 2.70. The molecule has 1 atom stereocenters. The number of anilines is 1. The molecule has 0 aliphatic carbocycles. The van der Waals surface area contributed by atoms with Crippen LogP contribution in [-0.2, 0) is 15.8 Å². The molecule has 1 aliphatic rings. The van der Waals surface area contributed by atoms with Gasteiger partial charge in [-0.3, -0.25) is 9.59 Å². The molecule has 1 saturated heterocycles. The zero-order chi connectivity index (χ0) is 21.7. The third kappa shape index (κ3) is 5.03. The minimum atomic E-state index is -4.40. The number of carbonyl (C=O) groups is 2. The van der Waals surface area contributed by atoms with Gasteiger partial charge in [-0.05, 0) is 36.4 Å². The van der Waals surface area contributed by atoms with Crippen molar-refractivity contribution in [3.63, 3.8) is 0 Å². The maximum absolute atomic E-state index is 12.5. The summed E-state index contributed by atoms with van der Waals surface area (Å²) < 4.78 is 48.3. The smallest absolute Gasteiger partial charge is 0.416 e. The lowest BCUT2D eigenvalue weighted by Crippen LogP contribution is -2.35. The Labute approximate surface area is 171 Å². The Balaban J connectivity index is 1.47. The van der Waals surface area contributed by atoms with Gasteiger partial charge >= 0.3 is 6.18 Å². The monoisotopic (exact) mass is 422 g/mol. The lowest BCUT2D eigenvalue weighted by Gasteiger charge is -2.19. The predicted molar refractivity (Wildman–Crippen MR) is 103 cm³/mol. The Bertz CT molecular complexity index is 900. The number of carbonyl (C=O) groups excluding carboxylic acids is 2. The van der Waals surface area contributed by atoms with E-state index in [9.17, 15) is 22.8 Å². The lowest BCUT2D eigenvalue weighted by molar-refractivity contribution is -0.137. The number of benzene rings is 2. The molecule has 0 bridgehead atoms. The number of hydrogen-bond acceptors (Lipinski definition) is 4. The maximum Gasteiger partial charge on any atom is 0.416 e. The van der Waals surface area contributed by atoms with Gasteiger partial charge < -0.3 is 19.7 Å². The van der Waals surface area contributed by atoms with Gasteiger partial charge in [0, 0.05) is 13.0 Å². The van der Waals surface area contributed by atoms with Crippen LogP contribution in [0.3, 0.4) is 0 Å². The molecule has 6 nitrogen and oxygen atoms in total. The van der Waals surface area contributed by atoms with Gasteiger partial charge in [0.1, 0.15) is 18.1 Å². The van der Waals surface area contributed by atoms with Crippen LogP contribution in [-0.4, -0.2) is 38.6 Å². The standard InChI is InChI=1S/C21H21F3N2O4/c1-29-18-5-3-2-4-17(18)26-13-14(12-19(26)27)20(28)25-10-11-30-16-8-6-15(7-9-16)21(22,23)24/h2-9,14H,10-13H2,1H3,(H,25,28). The molecule has 1 fully saturated rings. The second-order valence-electron chi connectivity index (χ2n) is 6.74. The topological polar surface area (TPSA) is 67.9 Å². The van der Waals surface area contributed by atoms with E-state index < -0.39 is 17.7 Å². The van der Waals surface area contributed by atoms with E-state index in [4.69, 9.17) is 9.47 Å². The van der Waals surface area contributed by atoms with Crippen LogP contribution in [0, 0.1) is 5.92 Å². The summed E-state index contributed by atoms with van der Waals surface area (Å²) in [6.45, 7) is 0.498. The quantitative estimate of drug-likeness (QED) is 0.696. The van der Waals surface area contributed by atoms with Gasteiger partial charge in [0.05, 0.1) is 30.8 Å². The van der Waals surface area contributed by atoms with E-state index in [0.717, 1.165) is 12.1 Å². The van der Waals surface area contributed by atoms with Crippen molar-refractivity contribution in [1.29, 1.82) is 0 Å². The third-order valence-corrected chi connectivity index (χ3v) is 4.72. The molecule has 0 radical (unpaired) electrons. The molecule has 2 aromatic rings. The molecule has 0 saturated carbocycles. The number of methoxy groups -OCH3 is 1. The Morgan fingerprint density at radius 3 is 2.53 bits per heavy atom. The van der Waals surface area contributed by atoms with Crippen LogP contribution < -0.4 is 19.7 Å². The summed E-state index contributed by atoms with van der Waals surface area (Å²) in [6, 6.07) is 11.4. The van der Waals surface area contributed by atoms with E-state index in [0.29, 0.717) is 11.4 Å². The van der Waals surface area contributed by atoms with Crippen molar-refractivity contribution >= 4 is 17.5 Å². The molecular weight excluding hydrogens is 401 g/mol. The van der Waals surface area contributed by atoms with Crippen LogP contribution in [0.25, 0.3) is 0 Å². The van der Waals surface area contributed by atoms with Gasteiger partial charge in [0.15, 0.2) is 0 Å². The van der Waals surface area contributed by atoms with Crippen molar-refractivity contribution in [3.05, 3.63) is 54.1 Å². The van der Waals surface area contributed by atoms with Crippen LogP contribution >= 0.6 is 0 Å². The van der Waals surface area contributed by atoms with E-state index in [2.05, 4.69) is 5.32 Å². The molecule has 2 amide bonds. The van der Waals surface area contributed by atoms with Gasteiger partial charge in [-0.2, -0.15) is 13.2 Å². The first-order chi connectivity index (χ1) is 14.3. The number of ether oxygens (including phenoxy) is 2. The fraction of sp³-hybridized carbons (Fsp3) is 0.333. The summed E-state index contributed by atoms with van der Waals surface area (Å²) in [7, 11) is 1.51. The number of amides is 2. The highest BCUT2D eigenvalue weighted by Crippen LogP contribution is 2.33. The normalized spacial score (nSPS) is 16.5. The molecule has 0 spiro atoms. The molecule has 1 N–H and O–H groups in total. The molecule has 1 aliphatic heterocycles. The number of para-hydroxylation sites is 2. The van der Waals surface area contributed by atoms with E-state index in [-0.39, 0.29) is 43.7 Å². The van der Waals surface area contributed by atoms with Crippen molar-refractivity contribution < 1.29 is 32.2 Å². The average molecular weight is 422 g/mol. The van der Waals surface area contributed by atoms with Crippen molar-refractivity contribution in [1.82, 2.24) is 5.32 Å². The molecule has 1 unspecified atom stereocenters. The van der Waals surface area contributed by atoms with Crippen molar-refractivity contribution in [2.75, 3.05) is 31.7 Å². The molecular formula is C21H21F3N2O4. The first kappa shape index (κ1) is 21.5. The predicted octanol–water partition coefficient (Wildman–Crippen LogP) is 3.26. The molecule has 1 heterocycles. The number of nitrogens with one attached hydrogen (secondary N) is 1. The molecule has 160 valence electrons. The van der Waals surface area contributed by atoms with Crippen molar-refractivity contribution in [2.45, 2.75) is 12.6 Å². The Hall–Kier alpha value is -3.23. The fourth-order valence-electron chi connectivity index (χ4n) is 3.20. The second kappa shape index (κ2) is 9.06. The Morgan fingerprint density at radius 2 is 1.87 bits per heavy atom. The first-order valence-electron chi connectivity index (χ1n) is 9.30. The van der Waals surface area contributed by atoms with Gasteiger partial charge in [-0.1, -0.05) is 12.1 Å². The molecule has 0 aromatic heterocycles. The van der Waals surface area contributed by atoms with Crippen LogP contribution in [0.2, 0.25) is 0 Å². The number of hydrogen-bond donors (Lipinski definition) is 1. The molecule has 3 rings (SSSR count). The third-order valence-electron chi connectivity index (χ3n) is 4.72. The van der Waals surface area contributed by atoms with Crippen LogP contribution in [0.15, 0.2) is 48.5 Å². The summed E-state index contributed by atoms with van der Waals surface area (Å²) in [4.78, 5) is 26.3. The van der Waals surface area contributed by atoms with E-state index in [1.807, 2.05) is 0 Å². The summed E-state index contributed by atoms with van der Waals surface area (Å²) in [6.07, 6.45) is -4.31.